The first-order valence-electron chi connectivity index (χ1n) is 4.99. The van der Waals surface area contributed by atoms with Crippen molar-refractivity contribution in [3.05, 3.63) is 35.4 Å². The lowest BCUT2D eigenvalue weighted by Gasteiger charge is -2.18. The smallest absolute Gasteiger partial charge is 0.256 e. The van der Waals surface area contributed by atoms with Gasteiger partial charge in [0.1, 0.15) is 0 Å². The van der Waals surface area contributed by atoms with Crippen molar-refractivity contribution in [2.24, 2.45) is 0 Å². The van der Waals surface area contributed by atoms with Crippen molar-refractivity contribution in [2.45, 2.75) is 19.3 Å². The normalized spacial score (nSPS) is 19.0. The van der Waals surface area contributed by atoms with Crippen LogP contribution in [0, 0.1) is 0 Å². The van der Waals surface area contributed by atoms with E-state index in [4.69, 9.17) is 0 Å². The van der Waals surface area contributed by atoms with Gasteiger partial charge in [-0.1, -0.05) is 23.8 Å². The first-order valence-corrected chi connectivity index (χ1v) is 4.99. The molecule has 0 unspecified atom stereocenters. The molecule has 1 saturated carbocycles. The van der Waals surface area contributed by atoms with Crippen molar-refractivity contribution in [1.29, 1.82) is 0 Å². The molecule has 0 atom stereocenters. The lowest BCUT2D eigenvalue weighted by Crippen LogP contribution is -2.09. The summed E-state index contributed by atoms with van der Waals surface area (Å²) in [5.74, 6) is 0.0842. The van der Waals surface area contributed by atoms with Gasteiger partial charge in [0, 0.05) is 16.8 Å². The third-order valence-electron chi connectivity index (χ3n) is 2.98. The van der Waals surface area contributed by atoms with Crippen LogP contribution in [0.5, 0.6) is 0 Å². The Morgan fingerprint density at radius 3 is 2.64 bits per heavy atom. The van der Waals surface area contributed by atoms with Gasteiger partial charge < -0.3 is 5.32 Å². The summed E-state index contributed by atoms with van der Waals surface area (Å²) in [6.45, 7) is 0. The Balaban J connectivity index is 2.19. The summed E-state index contributed by atoms with van der Waals surface area (Å²) in [5, 5.41) is 2.90. The number of hydrogen-bond acceptors (Lipinski definition) is 1. The van der Waals surface area contributed by atoms with E-state index in [-0.39, 0.29) is 5.91 Å². The number of fused-ring (bicyclic) bond motifs is 1. The number of para-hydroxylation sites is 1. The Kier molecular flexibility index (Phi) is 1.51. The summed E-state index contributed by atoms with van der Waals surface area (Å²) in [7, 11) is 0. The molecule has 0 radical (unpaired) electrons. The Labute approximate surface area is 82.6 Å². The monoisotopic (exact) mass is 185 g/mol. The van der Waals surface area contributed by atoms with Crippen LogP contribution in [0.4, 0.5) is 5.69 Å². The van der Waals surface area contributed by atoms with Crippen LogP contribution in [0.1, 0.15) is 24.8 Å². The highest BCUT2D eigenvalue weighted by Gasteiger charge is 2.28. The third-order valence-corrected chi connectivity index (χ3v) is 2.98. The quantitative estimate of drug-likeness (QED) is 0.618. The van der Waals surface area contributed by atoms with E-state index in [9.17, 15) is 4.79 Å². The van der Waals surface area contributed by atoms with E-state index in [0.717, 1.165) is 29.7 Å². The van der Waals surface area contributed by atoms with Gasteiger partial charge in [-0.15, -0.1) is 0 Å². The predicted molar refractivity (Wildman–Crippen MR) is 55.8 cm³/mol. The minimum atomic E-state index is 0.0842. The zero-order valence-corrected chi connectivity index (χ0v) is 7.84. The van der Waals surface area contributed by atoms with Crippen molar-refractivity contribution >= 4 is 17.2 Å². The number of nitrogens with one attached hydrogen (secondary N) is 1. The van der Waals surface area contributed by atoms with Crippen molar-refractivity contribution in [1.82, 2.24) is 0 Å². The first-order chi connectivity index (χ1) is 6.86. The van der Waals surface area contributed by atoms with Gasteiger partial charge in [-0.05, 0) is 25.3 Å². The molecule has 1 N–H and O–H groups in total. The maximum Gasteiger partial charge on any atom is 0.256 e. The Morgan fingerprint density at radius 1 is 1.14 bits per heavy atom. The second-order valence-corrected chi connectivity index (χ2v) is 3.83. The Morgan fingerprint density at radius 2 is 1.93 bits per heavy atom. The van der Waals surface area contributed by atoms with Crippen molar-refractivity contribution in [3.63, 3.8) is 0 Å². The van der Waals surface area contributed by atoms with E-state index in [2.05, 4.69) is 5.32 Å². The van der Waals surface area contributed by atoms with Gasteiger partial charge in [-0.2, -0.15) is 0 Å². The van der Waals surface area contributed by atoms with Gasteiger partial charge in [0.05, 0.1) is 0 Å². The predicted octanol–water partition coefficient (Wildman–Crippen LogP) is 2.58. The fourth-order valence-electron chi connectivity index (χ4n) is 2.07. The topological polar surface area (TPSA) is 29.1 Å². The molecule has 1 aromatic rings. The van der Waals surface area contributed by atoms with Crippen LogP contribution in [0.3, 0.4) is 0 Å². The molecule has 70 valence electrons. The lowest BCUT2D eigenvalue weighted by atomic mass is 9.86. The van der Waals surface area contributed by atoms with Crippen LogP contribution < -0.4 is 5.32 Å². The summed E-state index contributed by atoms with van der Waals surface area (Å²) in [5.41, 5.74) is 4.32. The van der Waals surface area contributed by atoms with Crippen molar-refractivity contribution in [3.8, 4) is 0 Å². The highest BCUT2D eigenvalue weighted by Crippen LogP contribution is 2.40. The maximum absolute atomic E-state index is 11.7. The average molecular weight is 185 g/mol. The number of benzene rings is 1. The third kappa shape index (κ3) is 0.939. The number of carbonyl (C=O) groups excluding carboxylic acids is 1. The van der Waals surface area contributed by atoms with Crippen molar-refractivity contribution < 1.29 is 4.79 Å². The molecule has 0 bridgehead atoms. The average Bonchev–Trinajstić information content (AvgIpc) is 2.41. The number of hydrogen-bond donors (Lipinski definition) is 1. The van der Waals surface area contributed by atoms with Gasteiger partial charge in [-0.3, -0.25) is 4.79 Å². The van der Waals surface area contributed by atoms with E-state index in [1.807, 2.05) is 24.3 Å². The highest BCUT2D eigenvalue weighted by molar-refractivity contribution is 6.32. The summed E-state index contributed by atoms with van der Waals surface area (Å²) in [6.07, 6.45) is 3.42. The summed E-state index contributed by atoms with van der Waals surface area (Å²) >= 11 is 0. The molecule has 1 fully saturated rings. The van der Waals surface area contributed by atoms with Crippen LogP contribution in [0.25, 0.3) is 5.57 Å². The number of anilines is 1. The molecular weight excluding hydrogens is 174 g/mol. The molecular formula is C12H11NO. The number of allylic oxidation sites excluding steroid dienone is 1. The molecule has 1 heterocycles. The fraction of sp³-hybridized carbons (Fsp3) is 0.250. The molecule has 0 saturated heterocycles. The number of amides is 1. The van der Waals surface area contributed by atoms with E-state index >= 15 is 0 Å². The minimum Gasteiger partial charge on any atom is -0.321 e. The molecule has 1 aromatic carbocycles. The van der Waals surface area contributed by atoms with Gasteiger partial charge in [0.25, 0.3) is 5.91 Å². The number of rotatable bonds is 0. The van der Waals surface area contributed by atoms with E-state index in [0.29, 0.717) is 0 Å². The Hall–Kier alpha value is -1.57. The molecule has 2 heteroatoms. The summed E-state index contributed by atoms with van der Waals surface area (Å²) < 4.78 is 0. The Bertz CT molecular complexity index is 439. The second kappa shape index (κ2) is 2.71. The molecule has 2 aliphatic rings. The standard InChI is InChI=1S/C12H11NO/c14-12-11(8-4-3-5-8)9-6-1-2-7-10(9)13-12/h1-2,6-7H,3-5H2,(H,13,14). The summed E-state index contributed by atoms with van der Waals surface area (Å²) in [6, 6.07) is 7.92. The zero-order valence-electron chi connectivity index (χ0n) is 7.84. The van der Waals surface area contributed by atoms with Crippen LogP contribution in [-0.4, -0.2) is 5.91 Å². The summed E-state index contributed by atoms with van der Waals surface area (Å²) in [4.78, 5) is 11.7. The highest BCUT2D eigenvalue weighted by atomic mass is 16.2. The maximum atomic E-state index is 11.7. The molecule has 1 aliphatic heterocycles. The zero-order chi connectivity index (χ0) is 9.54. The SMILES string of the molecule is O=C1Nc2ccccc2C1=C1CCC1. The van der Waals surface area contributed by atoms with Crippen LogP contribution in [0.2, 0.25) is 0 Å². The van der Waals surface area contributed by atoms with Gasteiger partial charge in [0.2, 0.25) is 0 Å². The molecule has 2 nitrogen and oxygen atoms in total. The molecule has 14 heavy (non-hydrogen) atoms. The minimum absolute atomic E-state index is 0.0842. The lowest BCUT2D eigenvalue weighted by molar-refractivity contribution is -0.110. The molecule has 0 aromatic heterocycles. The van der Waals surface area contributed by atoms with Crippen LogP contribution in [0.15, 0.2) is 29.8 Å². The largest absolute Gasteiger partial charge is 0.321 e. The molecule has 1 amide bonds. The second-order valence-electron chi connectivity index (χ2n) is 3.83. The molecule has 3 rings (SSSR count). The fourth-order valence-corrected chi connectivity index (χ4v) is 2.07. The van der Waals surface area contributed by atoms with Gasteiger partial charge >= 0.3 is 0 Å². The number of carbonyl (C=O) groups is 1. The molecule has 1 aliphatic carbocycles. The van der Waals surface area contributed by atoms with Gasteiger partial charge in [0.15, 0.2) is 0 Å². The van der Waals surface area contributed by atoms with Crippen LogP contribution in [-0.2, 0) is 4.79 Å². The van der Waals surface area contributed by atoms with E-state index in [1.165, 1.54) is 12.0 Å². The van der Waals surface area contributed by atoms with Crippen molar-refractivity contribution in [2.75, 3.05) is 5.32 Å². The van der Waals surface area contributed by atoms with Gasteiger partial charge in [-0.25, -0.2) is 0 Å². The van der Waals surface area contributed by atoms with Crippen LogP contribution >= 0.6 is 0 Å². The van der Waals surface area contributed by atoms with E-state index in [1.54, 1.807) is 0 Å². The molecule has 0 spiro atoms. The first kappa shape index (κ1) is 7.80. The van der Waals surface area contributed by atoms with E-state index < -0.39 is 0 Å².